The summed E-state index contributed by atoms with van der Waals surface area (Å²) in [6, 6.07) is 2.82. The minimum absolute atomic E-state index is 0.529. The normalized spacial score (nSPS) is 12.7. The number of aryl methyl sites for hydroxylation is 1. The highest BCUT2D eigenvalue weighted by molar-refractivity contribution is 5.74. The number of hydrogen-bond acceptors (Lipinski definition) is 4. The average molecular weight is 264 g/mol. The maximum absolute atomic E-state index is 11.9. The van der Waals surface area contributed by atoms with Crippen molar-refractivity contribution in [1.29, 1.82) is 0 Å². The number of pyridine rings is 1. The van der Waals surface area contributed by atoms with E-state index in [1.54, 1.807) is 46.1 Å². The third-order valence-corrected chi connectivity index (χ3v) is 2.49. The van der Waals surface area contributed by atoms with Gasteiger partial charge in [-0.15, -0.1) is 0 Å². The Morgan fingerprint density at radius 3 is 2.58 bits per heavy atom. The molecule has 19 heavy (non-hydrogen) atoms. The molecule has 1 aromatic rings. The molecule has 0 spiro atoms. The minimum Gasteiger partial charge on any atom is -0.444 e. The smallest absolute Gasteiger partial charge is 0.410 e. The number of carbonyl (C=O) groups is 2. The van der Waals surface area contributed by atoms with E-state index < -0.39 is 17.7 Å². The molecule has 1 rings (SSSR count). The molecule has 5 nitrogen and oxygen atoms in total. The van der Waals surface area contributed by atoms with Crippen LogP contribution in [0.3, 0.4) is 0 Å². The van der Waals surface area contributed by atoms with Crippen LogP contribution in [0.4, 0.5) is 4.79 Å². The first-order valence-electron chi connectivity index (χ1n) is 6.08. The van der Waals surface area contributed by atoms with Gasteiger partial charge in [-0.05, 0) is 45.4 Å². The molecular formula is C14H20N2O3. The first-order valence-corrected chi connectivity index (χ1v) is 6.08. The SMILES string of the molecule is Cc1cc(C(C=O)N(C)C(=O)OC(C)(C)C)ccn1. The summed E-state index contributed by atoms with van der Waals surface area (Å²) in [4.78, 5) is 28.6. The van der Waals surface area contributed by atoms with E-state index >= 15 is 0 Å². The number of hydrogen-bond donors (Lipinski definition) is 0. The Balaban J connectivity index is 2.91. The largest absolute Gasteiger partial charge is 0.444 e. The zero-order valence-electron chi connectivity index (χ0n) is 12.0. The van der Waals surface area contributed by atoms with E-state index in [0.717, 1.165) is 17.5 Å². The van der Waals surface area contributed by atoms with Gasteiger partial charge < -0.3 is 9.53 Å². The third kappa shape index (κ3) is 4.35. The van der Waals surface area contributed by atoms with Crippen LogP contribution >= 0.6 is 0 Å². The Labute approximate surface area is 113 Å². The van der Waals surface area contributed by atoms with E-state index in [9.17, 15) is 9.59 Å². The zero-order valence-corrected chi connectivity index (χ0v) is 12.0. The maximum atomic E-state index is 11.9. The summed E-state index contributed by atoms with van der Waals surface area (Å²) in [5, 5.41) is 0. The van der Waals surface area contributed by atoms with Gasteiger partial charge in [-0.3, -0.25) is 9.88 Å². The molecule has 0 saturated heterocycles. The molecule has 1 amide bonds. The lowest BCUT2D eigenvalue weighted by Crippen LogP contribution is -2.37. The molecule has 0 saturated carbocycles. The molecule has 104 valence electrons. The summed E-state index contributed by atoms with van der Waals surface area (Å²) in [5.74, 6) is 0. The van der Waals surface area contributed by atoms with Crippen molar-refractivity contribution in [2.24, 2.45) is 0 Å². The van der Waals surface area contributed by atoms with Gasteiger partial charge in [-0.25, -0.2) is 4.79 Å². The van der Waals surface area contributed by atoms with E-state index in [1.165, 1.54) is 4.90 Å². The van der Waals surface area contributed by atoms with Crippen molar-refractivity contribution in [3.63, 3.8) is 0 Å². The minimum atomic E-state index is -0.670. The lowest BCUT2D eigenvalue weighted by Gasteiger charge is -2.28. The van der Waals surface area contributed by atoms with E-state index in [4.69, 9.17) is 4.74 Å². The first kappa shape index (κ1) is 15.1. The number of aromatic nitrogens is 1. The molecular weight excluding hydrogens is 244 g/mol. The topological polar surface area (TPSA) is 59.5 Å². The molecule has 0 aromatic carbocycles. The van der Waals surface area contributed by atoms with Crippen molar-refractivity contribution >= 4 is 12.4 Å². The van der Waals surface area contributed by atoms with Crippen molar-refractivity contribution in [2.45, 2.75) is 39.3 Å². The summed E-state index contributed by atoms with van der Waals surface area (Å²) in [7, 11) is 1.54. The summed E-state index contributed by atoms with van der Waals surface area (Å²) >= 11 is 0. The second kappa shape index (κ2) is 5.82. The van der Waals surface area contributed by atoms with Gasteiger partial charge in [0.2, 0.25) is 0 Å². The second-order valence-corrected chi connectivity index (χ2v) is 5.40. The molecule has 0 bridgehead atoms. The van der Waals surface area contributed by atoms with Crippen LogP contribution in [0.1, 0.15) is 38.1 Å². The van der Waals surface area contributed by atoms with Gasteiger partial charge in [0.15, 0.2) is 0 Å². The molecule has 0 aliphatic carbocycles. The lowest BCUT2D eigenvalue weighted by atomic mass is 10.1. The van der Waals surface area contributed by atoms with Gasteiger partial charge in [0.1, 0.15) is 17.9 Å². The lowest BCUT2D eigenvalue weighted by molar-refractivity contribution is -0.112. The Hall–Kier alpha value is -1.91. The third-order valence-electron chi connectivity index (χ3n) is 2.49. The molecule has 0 fully saturated rings. The molecule has 0 aliphatic rings. The van der Waals surface area contributed by atoms with Gasteiger partial charge in [0.25, 0.3) is 0 Å². The Morgan fingerprint density at radius 1 is 1.47 bits per heavy atom. The fourth-order valence-corrected chi connectivity index (χ4v) is 1.59. The van der Waals surface area contributed by atoms with Gasteiger partial charge >= 0.3 is 6.09 Å². The molecule has 0 radical (unpaired) electrons. The fourth-order valence-electron chi connectivity index (χ4n) is 1.59. The van der Waals surface area contributed by atoms with Crippen LogP contribution in [0.15, 0.2) is 18.3 Å². The monoisotopic (exact) mass is 264 g/mol. The summed E-state index contributed by atoms with van der Waals surface area (Å²) in [6.45, 7) is 7.18. The highest BCUT2D eigenvalue weighted by Gasteiger charge is 2.26. The van der Waals surface area contributed by atoms with Crippen LogP contribution in [-0.4, -0.2) is 34.9 Å². The van der Waals surface area contributed by atoms with E-state index in [1.807, 2.05) is 6.92 Å². The number of ether oxygens (including phenoxy) is 1. The van der Waals surface area contributed by atoms with Crippen molar-refractivity contribution in [3.8, 4) is 0 Å². The number of likely N-dealkylation sites (N-methyl/N-ethyl adjacent to an activating group) is 1. The quantitative estimate of drug-likeness (QED) is 0.787. The molecule has 0 aliphatic heterocycles. The second-order valence-electron chi connectivity index (χ2n) is 5.40. The summed E-state index contributed by atoms with van der Waals surface area (Å²) < 4.78 is 5.25. The molecule has 1 aromatic heterocycles. The van der Waals surface area contributed by atoms with Crippen LogP contribution in [0.2, 0.25) is 0 Å². The predicted octanol–water partition coefficient (Wildman–Crippen LogP) is 2.50. The molecule has 1 atom stereocenters. The number of rotatable bonds is 3. The first-order chi connectivity index (χ1) is 8.74. The van der Waals surface area contributed by atoms with Crippen molar-refractivity contribution in [3.05, 3.63) is 29.6 Å². The van der Waals surface area contributed by atoms with E-state index in [2.05, 4.69) is 4.98 Å². The van der Waals surface area contributed by atoms with Crippen LogP contribution in [0.25, 0.3) is 0 Å². The number of aldehydes is 1. The van der Waals surface area contributed by atoms with Gasteiger partial charge in [0, 0.05) is 18.9 Å². The Morgan fingerprint density at radius 2 is 2.11 bits per heavy atom. The zero-order chi connectivity index (χ0) is 14.6. The Kier molecular flexibility index (Phi) is 4.64. The van der Waals surface area contributed by atoms with Crippen LogP contribution in [-0.2, 0) is 9.53 Å². The molecule has 5 heteroatoms. The standard InChI is InChI=1S/C14H20N2O3/c1-10-8-11(6-7-15-10)12(9-17)16(5)13(18)19-14(2,3)4/h6-9,12H,1-5H3. The fraction of sp³-hybridized carbons (Fsp3) is 0.500. The van der Waals surface area contributed by atoms with Crippen LogP contribution < -0.4 is 0 Å². The van der Waals surface area contributed by atoms with E-state index in [-0.39, 0.29) is 0 Å². The highest BCUT2D eigenvalue weighted by Crippen LogP contribution is 2.20. The predicted molar refractivity (Wildman–Crippen MR) is 71.8 cm³/mol. The molecule has 1 heterocycles. The highest BCUT2D eigenvalue weighted by atomic mass is 16.6. The average Bonchev–Trinajstić information content (AvgIpc) is 2.27. The number of carbonyl (C=O) groups excluding carboxylic acids is 2. The van der Waals surface area contributed by atoms with Crippen molar-refractivity contribution < 1.29 is 14.3 Å². The molecule has 1 unspecified atom stereocenters. The van der Waals surface area contributed by atoms with Crippen molar-refractivity contribution in [1.82, 2.24) is 9.88 Å². The maximum Gasteiger partial charge on any atom is 0.410 e. The van der Waals surface area contributed by atoms with Gasteiger partial charge in [-0.2, -0.15) is 0 Å². The molecule has 0 N–H and O–H groups in total. The Bertz CT molecular complexity index is 466. The van der Waals surface area contributed by atoms with Crippen LogP contribution in [0, 0.1) is 6.92 Å². The number of nitrogens with zero attached hydrogens (tertiary/aromatic N) is 2. The van der Waals surface area contributed by atoms with Crippen molar-refractivity contribution in [2.75, 3.05) is 7.05 Å². The van der Waals surface area contributed by atoms with Gasteiger partial charge in [-0.1, -0.05) is 0 Å². The van der Waals surface area contributed by atoms with E-state index in [0.29, 0.717) is 0 Å². The van der Waals surface area contributed by atoms with Gasteiger partial charge in [0.05, 0.1) is 0 Å². The van der Waals surface area contributed by atoms with Crippen LogP contribution in [0.5, 0.6) is 0 Å². The summed E-state index contributed by atoms with van der Waals surface area (Å²) in [5.41, 5.74) is 0.922. The number of amides is 1. The summed E-state index contributed by atoms with van der Waals surface area (Å²) in [6.07, 6.45) is 1.81.